The monoisotopic (exact) mass is 202 g/mol. The topological polar surface area (TPSA) is 34.1 Å². The molecule has 1 rings (SSSR count). The summed E-state index contributed by atoms with van der Waals surface area (Å²) in [4.78, 5) is 0. The van der Waals surface area contributed by atoms with E-state index >= 15 is 0 Å². The van der Waals surface area contributed by atoms with Crippen molar-refractivity contribution in [3.63, 3.8) is 0 Å². The summed E-state index contributed by atoms with van der Waals surface area (Å²) >= 11 is 0. The van der Waals surface area contributed by atoms with Crippen LogP contribution < -0.4 is 0 Å². The lowest BCUT2D eigenvalue weighted by molar-refractivity contribution is 0.0424. The van der Waals surface area contributed by atoms with E-state index in [4.69, 9.17) is 0 Å². The van der Waals surface area contributed by atoms with E-state index in [0.717, 1.165) is 6.92 Å². The maximum Gasteiger partial charge on any atom is 0.245 e. The third kappa shape index (κ3) is 1.44. The third-order valence-corrected chi connectivity index (χ3v) is 4.44. The molecular weight excluding hydrogens is 193 g/mol. The molecule has 1 aliphatic rings. The Bertz CT molecular complexity index is 262. The number of sulfone groups is 1. The fourth-order valence-electron chi connectivity index (χ4n) is 1.38. The molecule has 0 aromatic rings. The van der Waals surface area contributed by atoms with Crippen LogP contribution in [0.1, 0.15) is 6.92 Å². The first-order valence-electron chi connectivity index (χ1n) is 3.50. The van der Waals surface area contributed by atoms with Crippen molar-refractivity contribution >= 4 is 9.84 Å². The first-order valence-corrected chi connectivity index (χ1v) is 5.21. The van der Waals surface area contributed by atoms with Crippen molar-refractivity contribution in [3.8, 4) is 0 Å². The molecule has 0 N–H and O–H groups in total. The summed E-state index contributed by atoms with van der Waals surface area (Å²) in [6.45, 7) is 1.13. The lowest BCUT2D eigenvalue weighted by Gasteiger charge is -2.13. The van der Waals surface area contributed by atoms with Gasteiger partial charge in [0.15, 0.2) is 9.84 Å². The molecule has 1 saturated heterocycles. The first kappa shape index (κ1) is 9.83. The summed E-state index contributed by atoms with van der Waals surface area (Å²) in [6.07, 6.45) is -4.81. The minimum Gasteiger partial charge on any atom is -0.246 e. The summed E-state index contributed by atoms with van der Waals surface area (Å²) in [5, 5.41) is -1.26. The van der Waals surface area contributed by atoms with Crippen molar-refractivity contribution in [2.45, 2.75) is 24.8 Å². The molecule has 0 saturated carbocycles. The zero-order valence-corrected chi connectivity index (χ0v) is 7.19. The molecule has 1 aliphatic heterocycles. The molecule has 2 nitrogen and oxygen atoms in total. The van der Waals surface area contributed by atoms with Gasteiger partial charge in [-0.05, 0) is 6.92 Å². The Labute approximate surface area is 68.7 Å². The van der Waals surface area contributed by atoms with Gasteiger partial charge in [-0.3, -0.25) is 0 Å². The molecule has 1 heterocycles. The number of hydrogen-bond donors (Lipinski definition) is 0. The molecule has 3 atom stereocenters. The van der Waals surface area contributed by atoms with Crippen LogP contribution in [0.4, 0.5) is 13.2 Å². The highest BCUT2D eigenvalue weighted by Gasteiger charge is 2.49. The Morgan fingerprint density at radius 2 is 1.92 bits per heavy atom. The Morgan fingerprint density at radius 3 is 2.08 bits per heavy atom. The summed E-state index contributed by atoms with van der Waals surface area (Å²) in [5.74, 6) is -2.40. The molecule has 0 aliphatic carbocycles. The van der Waals surface area contributed by atoms with Crippen LogP contribution in [0.25, 0.3) is 0 Å². The second-order valence-corrected chi connectivity index (χ2v) is 5.37. The minimum atomic E-state index is -3.62. The molecule has 72 valence electrons. The van der Waals surface area contributed by atoms with Gasteiger partial charge in [0.05, 0.1) is 16.9 Å². The second kappa shape index (κ2) is 2.90. The molecule has 0 amide bonds. The first-order chi connectivity index (χ1) is 5.36. The van der Waals surface area contributed by atoms with Crippen LogP contribution in [0.5, 0.6) is 0 Å². The van der Waals surface area contributed by atoms with Crippen LogP contribution in [0.15, 0.2) is 0 Å². The number of hydrogen-bond acceptors (Lipinski definition) is 2. The third-order valence-electron chi connectivity index (χ3n) is 2.21. The van der Waals surface area contributed by atoms with E-state index in [0.29, 0.717) is 0 Å². The lowest BCUT2D eigenvalue weighted by atomic mass is 10.0. The summed E-state index contributed by atoms with van der Waals surface area (Å²) < 4.78 is 58.7. The van der Waals surface area contributed by atoms with Crippen LogP contribution in [0.3, 0.4) is 0 Å². The minimum absolute atomic E-state index is 0.761. The van der Waals surface area contributed by atoms with Crippen molar-refractivity contribution < 1.29 is 21.6 Å². The highest BCUT2D eigenvalue weighted by Crippen LogP contribution is 2.33. The van der Waals surface area contributed by atoms with E-state index in [9.17, 15) is 21.6 Å². The van der Waals surface area contributed by atoms with Crippen molar-refractivity contribution in [1.29, 1.82) is 0 Å². The van der Waals surface area contributed by atoms with E-state index in [1.807, 2.05) is 0 Å². The quantitative estimate of drug-likeness (QED) is 0.636. The fraction of sp³-hybridized carbons (Fsp3) is 1.00. The zero-order chi connectivity index (χ0) is 9.52. The van der Waals surface area contributed by atoms with Gasteiger partial charge in [-0.1, -0.05) is 0 Å². The van der Waals surface area contributed by atoms with Crippen molar-refractivity contribution in [1.82, 2.24) is 0 Å². The second-order valence-electron chi connectivity index (χ2n) is 2.96. The lowest BCUT2D eigenvalue weighted by Crippen LogP contribution is -2.27. The van der Waals surface area contributed by atoms with Gasteiger partial charge in [-0.15, -0.1) is 0 Å². The fourth-order valence-corrected chi connectivity index (χ4v) is 3.12. The van der Waals surface area contributed by atoms with Crippen molar-refractivity contribution in [3.05, 3.63) is 0 Å². The van der Waals surface area contributed by atoms with Gasteiger partial charge in [0.2, 0.25) is 6.43 Å². The van der Waals surface area contributed by atoms with Crippen LogP contribution in [-0.2, 0) is 9.84 Å². The summed E-state index contributed by atoms with van der Waals surface area (Å²) in [7, 11) is -3.62. The molecular formula is C6H9F3O2S. The van der Waals surface area contributed by atoms with Crippen LogP contribution in [-0.4, -0.2) is 32.0 Å². The van der Waals surface area contributed by atoms with Gasteiger partial charge in [-0.25, -0.2) is 21.6 Å². The van der Waals surface area contributed by atoms with E-state index in [1.165, 1.54) is 0 Å². The van der Waals surface area contributed by atoms with Gasteiger partial charge < -0.3 is 0 Å². The SMILES string of the molecule is CC1C(C(F)F)C(F)CS1(=O)=O. The van der Waals surface area contributed by atoms with E-state index in [-0.39, 0.29) is 0 Å². The Kier molecular flexibility index (Phi) is 2.38. The van der Waals surface area contributed by atoms with Crippen LogP contribution in [0, 0.1) is 5.92 Å². The van der Waals surface area contributed by atoms with E-state index in [1.54, 1.807) is 0 Å². The molecule has 12 heavy (non-hydrogen) atoms. The smallest absolute Gasteiger partial charge is 0.245 e. The largest absolute Gasteiger partial charge is 0.246 e. The maximum atomic E-state index is 12.7. The van der Waals surface area contributed by atoms with Gasteiger partial charge >= 0.3 is 0 Å². The normalized spacial score (nSPS) is 40.6. The van der Waals surface area contributed by atoms with Crippen molar-refractivity contribution in [2.75, 3.05) is 5.75 Å². The molecule has 0 radical (unpaired) electrons. The number of halogens is 3. The predicted octanol–water partition coefficient (Wildman–Crippen LogP) is 1.02. The standard InChI is InChI=1S/C6H9F3O2S/c1-3-5(6(8)9)4(7)2-12(3,10)11/h3-6H,2H2,1H3. The predicted molar refractivity (Wildman–Crippen MR) is 37.6 cm³/mol. The van der Waals surface area contributed by atoms with Crippen molar-refractivity contribution in [2.24, 2.45) is 5.92 Å². The molecule has 0 bridgehead atoms. The maximum absolute atomic E-state index is 12.7. The average Bonchev–Trinajstić information content (AvgIpc) is 2.02. The molecule has 0 aromatic carbocycles. The van der Waals surface area contributed by atoms with Gasteiger partial charge in [0.25, 0.3) is 0 Å². The molecule has 0 aromatic heterocycles. The number of alkyl halides is 3. The van der Waals surface area contributed by atoms with E-state index < -0.39 is 39.4 Å². The Balaban J connectivity index is 2.93. The summed E-state index contributed by atoms with van der Waals surface area (Å²) in [5.41, 5.74) is 0. The number of rotatable bonds is 1. The van der Waals surface area contributed by atoms with Gasteiger partial charge in [0.1, 0.15) is 6.17 Å². The Hall–Kier alpha value is -0.260. The molecule has 6 heteroatoms. The highest BCUT2D eigenvalue weighted by atomic mass is 32.2. The van der Waals surface area contributed by atoms with Crippen LogP contribution >= 0.6 is 0 Å². The molecule has 1 fully saturated rings. The summed E-state index contributed by atoms with van der Waals surface area (Å²) in [6, 6.07) is 0. The van der Waals surface area contributed by atoms with E-state index in [2.05, 4.69) is 0 Å². The Morgan fingerprint density at radius 1 is 1.42 bits per heavy atom. The molecule has 3 unspecified atom stereocenters. The highest BCUT2D eigenvalue weighted by molar-refractivity contribution is 7.92. The zero-order valence-electron chi connectivity index (χ0n) is 6.38. The van der Waals surface area contributed by atoms with Crippen LogP contribution in [0.2, 0.25) is 0 Å². The van der Waals surface area contributed by atoms with Gasteiger partial charge in [0, 0.05) is 0 Å². The average molecular weight is 202 g/mol. The van der Waals surface area contributed by atoms with Gasteiger partial charge in [-0.2, -0.15) is 0 Å². The molecule has 0 spiro atoms.